The Morgan fingerprint density at radius 3 is 2.50 bits per heavy atom. The third-order valence-corrected chi connectivity index (χ3v) is 4.37. The van der Waals surface area contributed by atoms with Crippen molar-refractivity contribution in [1.82, 2.24) is 4.98 Å². The molecule has 1 aromatic heterocycles. The Bertz CT molecular complexity index is 648. The maximum Gasteiger partial charge on any atom is 0.229 e. The van der Waals surface area contributed by atoms with Gasteiger partial charge in [-0.1, -0.05) is 17.7 Å². The van der Waals surface area contributed by atoms with E-state index < -0.39 is 0 Å². The predicted molar refractivity (Wildman–Crippen MR) is 83.1 cm³/mol. The fourth-order valence-electron chi connectivity index (χ4n) is 2.58. The highest BCUT2D eigenvalue weighted by Gasteiger charge is 2.30. The fourth-order valence-corrected chi connectivity index (χ4v) is 3.29. The second-order valence-electron chi connectivity index (χ2n) is 5.58. The van der Waals surface area contributed by atoms with E-state index in [-0.39, 0.29) is 11.8 Å². The van der Waals surface area contributed by atoms with Crippen LogP contribution in [0, 0.1) is 26.7 Å². The van der Waals surface area contributed by atoms with Gasteiger partial charge in [-0.25, -0.2) is 4.98 Å². The lowest BCUT2D eigenvalue weighted by Crippen LogP contribution is -2.12. The number of amides is 1. The molecule has 0 aliphatic heterocycles. The molecule has 1 saturated carbocycles. The second kappa shape index (κ2) is 5.02. The summed E-state index contributed by atoms with van der Waals surface area (Å²) in [6, 6.07) is 4.34. The van der Waals surface area contributed by atoms with E-state index in [1.54, 1.807) is 0 Å². The first-order valence-electron chi connectivity index (χ1n) is 6.89. The van der Waals surface area contributed by atoms with E-state index in [2.05, 4.69) is 43.2 Å². The van der Waals surface area contributed by atoms with Crippen molar-refractivity contribution >= 4 is 22.4 Å². The van der Waals surface area contributed by atoms with E-state index in [0.717, 1.165) is 18.5 Å². The Labute approximate surface area is 123 Å². The Morgan fingerprint density at radius 2 is 1.90 bits per heavy atom. The van der Waals surface area contributed by atoms with Crippen molar-refractivity contribution < 1.29 is 4.79 Å². The number of anilines is 1. The largest absolute Gasteiger partial charge is 0.302 e. The lowest BCUT2D eigenvalue weighted by molar-refractivity contribution is -0.117. The quantitative estimate of drug-likeness (QED) is 0.923. The normalized spacial score (nSPS) is 14.3. The summed E-state index contributed by atoms with van der Waals surface area (Å²) in [6.45, 7) is 6.32. The number of benzene rings is 1. The van der Waals surface area contributed by atoms with Gasteiger partial charge in [-0.05, 0) is 44.7 Å². The molecule has 0 atom stereocenters. The first kappa shape index (κ1) is 13.3. The van der Waals surface area contributed by atoms with Crippen LogP contribution in [0.4, 0.5) is 5.13 Å². The van der Waals surface area contributed by atoms with Crippen LogP contribution in [0.5, 0.6) is 0 Å². The van der Waals surface area contributed by atoms with E-state index in [4.69, 9.17) is 0 Å². The number of thiazole rings is 1. The van der Waals surface area contributed by atoms with Crippen molar-refractivity contribution in [2.75, 3.05) is 5.32 Å². The minimum absolute atomic E-state index is 0.114. The van der Waals surface area contributed by atoms with E-state index in [1.165, 1.54) is 33.6 Å². The molecule has 1 amide bonds. The minimum atomic E-state index is 0.114. The van der Waals surface area contributed by atoms with Crippen molar-refractivity contribution in [2.24, 2.45) is 5.92 Å². The van der Waals surface area contributed by atoms with Gasteiger partial charge in [-0.2, -0.15) is 0 Å². The number of carbonyl (C=O) groups excluding carboxylic acids is 1. The van der Waals surface area contributed by atoms with Crippen LogP contribution in [-0.4, -0.2) is 10.9 Å². The Kier molecular flexibility index (Phi) is 3.34. The minimum Gasteiger partial charge on any atom is -0.302 e. The molecule has 1 heterocycles. The van der Waals surface area contributed by atoms with Gasteiger partial charge in [0.1, 0.15) is 0 Å². The molecule has 1 fully saturated rings. The molecule has 0 saturated heterocycles. The van der Waals surface area contributed by atoms with E-state index in [1.807, 2.05) is 5.38 Å². The topological polar surface area (TPSA) is 42.0 Å². The first-order chi connectivity index (χ1) is 9.54. The number of hydrogen-bond donors (Lipinski definition) is 1. The van der Waals surface area contributed by atoms with E-state index >= 15 is 0 Å². The maximum atomic E-state index is 11.8. The molecule has 20 heavy (non-hydrogen) atoms. The van der Waals surface area contributed by atoms with E-state index in [0.29, 0.717) is 5.13 Å². The number of nitrogens with zero attached hydrogens (tertiary/aromatic N) is 1. The maximum absolute atomic E-state index is 11.8. The smallest absolute Gasteiger partial charge is 0.229 e. The van der Waals surface area contributed by atoms with Crippen molar-refractivity contribution in [3.63, 3.8) is 0 Å². The van der Waals surface area contributed by atoms with Crippen LogP contribution in [-0.2, 0) is 4.79 Å². The molecule has 1 N–H and O–H groups in total. The molecule has 4 heteroatoms. The molecule has 3 nitrogen and oxygen atoms in total. The summed E-state index contributed by atoms with van der Waals surface area (Å²) < 4.78 is 0. The zero-order valence-corrected chi connectivity index (χ0v) is 12.8. The molecule has 2 aromatic rings. The molecule has 0 unspecified atom stereocenters. The SMILES string of the molecule is Cc1cc(C)c(-c2csc(NC(=O)C3CC3)n2)c(C)c1. The van der Waals surface area contributed by atoms with Gasteiger partial charge in [0.2, 0.25) is 5.91 Å². The zero-order chi connectivity index (χ0) is 14.3. The first-order valence-corrected chi connectivity index (χ1v) is 7.77. The third kappa shape index (κ3) is 2.61. The molecule has 3 rings (SSSR count). The van der Waals surface area contributed by atoms with Gasteiger partial charge >= 0.3 is 0 Å². The van der Waals surface area contributed by atoms with Gasteiger partial charge in [0.25, 0.3) is 0 Å². The lowest BCUT2D eigenvalue weighted by atomic mass is 9.98. The molecule has 1 aliphatic rings. The van der Waals surface area contributed by atoms with Crippen molar-refractivity contribution in [2.45, 2.75) is 33.6 Å². The number of rotatable bonds is 3. The van der Waals surface area contributed by atoms with Gasteiger partial charge in [0.05, 0.1) is 5.69 Å². The van der Waals surface area contributed by atoms with Crippen LogP contribution in [0.3, 0.4) is 0 Å². The molecule has 0 radical (unpaired) electrons. The third-order valence-electron chi connectivity index (χ3n) is 3.62. The monoisotopic (exact) mass is 286 g/mol. The number of nitrogens with one attached hydrogen (secondary N) is 1. The summed E-state index contributed by atoms with van der Waals surface area (Å²) in [5, 5.41) is 5.64. The number of hydrogen-bond acceptors (Lipinski definition) is 3. The van der Waals surface area contributed by atoms with Gasteiger partial charge in [-0.3, -0.25) is 4.79 Å². The summed E-state index contributed by atoms with van der Waals surface area (Å²) >= 11 is 1.50. The van der Waals surface area contributed by atoms with Crippen LogP contribution in [0.2, 0.25) is 0 Å². The fraction of sp³-hybridized carbons (Fsp3) is 0.375. The molecule has 0 spiro atoms. The van der Waals surface area contributed by atoms with Crippen LogP contribution in [0.15, 0.2) is 17.5 Å². The molecule has 0 bridgehead atoms. The molecule has 104 valence electrons. The van der Waals surface area contributed by atoms with Gasteiger partial charge in [-0.15, -0.1) is 11.3 Å². The molecular weight excluding hydrogens is 268 g/mol. The van der Waals surface area contributed by atoms with Gasteiger partial charge < -0.3 is 5.32 Å². The number of aromatic nitrogens is 1. The lowest BCUT2D eigenvalue weighted by Gasteiger charge is -2.08. The summed E-state index contributed by atoms with van der Waals surface area (Å²) in [5.41, 5.74) is 5.86. The second-order valence-corrected chi connectivity index (χ2v) is 6.43. The number of aryl methyl sites for hydroxylation is 3. The van der Waals surface area contributed by atoms with Crippen molar-refractivity contribution in [3.05, 3.63) is 34.2 Å². The Morgan fingerprint density at radius 1 is 1.25 bits per heavy atom. The summed E-state index contributed by atoms with van der Waals surface area (Å²) in [7, 11) is 0. The van der Waals surface area contributed by atoms with Crippen LogP contribution >= 0.6 is 11.3 Å². The van der Waals surface area contributed by atoms with Crippen molar-refractivity contribution in [1.29, 1.82) is 0 Å². The molecule has 1 aliphatic carbocycles. The van der Waals surface area contributed by atoms with Crippen LogP contribution < -0.4 is 5.32 Å². The predicted octanol–water partition coefficient (Wildman–Crippen LogP) is 4.08. The Balaban J connectivity index is 1.88. The van der Waals surface area contributed by atoms with Gasteiger partial charge in [0.15, 0.2) is 5.13 Å². The average molecular weight is 286 g/mol. The van der Waals surface area contributed by atoms with E-state index in [9.17, 15) is 4.79 Å². The molecular formula is C16H18N2OS. The number of carbonyl (C=O) groups is 1. The average Bonchev–Trinajstić information content (AvgIpc) is 3.11. The Hall–Kier alpha value is -1.68. The van der Waals surface area contributed by atoms with Gasteiger partial charge in [0, 0.05) is 16.9 Å². The zero-order valence-electron chi connectivity index (χ0n) is 12.0. The van der Waals surface area contributed by atoms with Crippen LogP contribution in [0.25, 0.3) is 11.3 Å². The standard InChI is InChI=1S/C16H18N2OS/c1-9-6-10(2)14(11(3)7-9)13-8-20-16(17-13)18-15(19)12-4-5-12/h6-8,12H,4-5H2,1-3H3,(H,17,18,19). The highest BCUT2D eigenvalue weighted by molar-refractivity contribution is 7.14. The molecule has 1 aromatic carbocycles. The highest BCUT2D eigenvalue weighted by Crippen LogP contribution is 2.33. The summed E-state index contributed by atoms with van der Waals surface area (Å²) in [4.78, 5) is 16.3. The van der Waals surface area contributed by atoms with Crippen molar-refractivity contribution in [3.8, 4) is 11.3 Å². The highest BCUT2D eigenvalue weighted by atomic mass is 32.1. The van der Waals surface area contributed by atoms with Crippen LogP contribution in [0.1, 0.15) is 29.5 Å². The summed E-state index contributed by atoms with van der Waals surface area (Å²) in [6.07, 6.45) is 2.03. The summed E-state index contributed by atoms with van der Waals surface area (Å²) in [5.74, 6) is 0.327.